The smallest absolute Gasteiger partial charge is 0.340 e. The zero-order chi connectivity index (χ0) is 19.6. The van der Waals surface area contributed by atoms with E-state index in [1.165, 1.54) is 6.92 Å². The van der Waals surface area contributed by atoms with Gasteiger partial charge in [-0.05, 0) is 32.4 Å². The number of benzene rings is 1. The number of non-ortho nitro benzene ring substituents is 1. The minimum absolute atomic E-state index is 0.0890. The Morgan fingerprint density at radius 3 is 2.42 bits per heavy atom. The number of carbonyl (C=O) groups is 3. The summed E-state index contributed by atoms with van der Waals surface area (Å²) in [5.41, 5.74) is 1.31. The third-order valence-corrected chi connectivity index (χ3v) is 4.10. The predicted molar refractivity (Wildman–Crippen MR) is 93.0 cm³/mol. The molecule has 1 N–H and O–H groups in total. The number of halogens is 1. The zero-order valence-electron chi connectivity index (χ0n) is 14.2. The number of aromatic amines is 1. The average molecular weight is 379 g/mol. The van der Waals surface area contributed by atoms with E-state index in [0.29, 0.717) is 16.8 Å². The van der Waals surface area contributed by atoms with Crippen molar-refractivity contribution in [3.05, 3.63) is 61.4 Å². The fourth-order valence-electron chi connectivity index (χ4n) is 2.62. The number of rotatable bonds is 6. The Labute approximate surface area is 153 Å². The highest BCUT2D eigenvalue weighted by Gasteiger charge is 2.22. The van der Waals surface area contributed by atoms with Crippen LogP contribution in [0.4, 0.5) is 5.69 Å². The molecule has 1 aromatic heterocycles. The molecule has 1 heterocycles. The number of aryl methyl sites for hydroxylation is 1. The van der Waals surface area contributed by atoms with Gasteiger partial charge in [0.2, 0.25) is 5.78 Å². The van der Waals surface area contributed by atoms with Crippen molar-refractivity contribution < 1.29 is 24.0 Å². The van der Waals surface area contributed by atoms with Gasteiger partial charge in [0.25, 0.3) is 5.69 Å². The van der Waals surface area contributed by atoms with E-state index in [9.17, 15) is 24.5 Å². The van der Waals surface area contributed by atoms with Crippen LogP contribution in [0.2, 0.25) is 5.02 Å². The summed E-state index contributed by atoms with van der Waals surface area (Å²) in [4.78, 5) is 48.8. The summed E-state index contributed by atoms with van der Waals surface area (Å²) >= 11 is 5.85. The van der Waals surface area contributed by atoms with Crippen LogP contribution in [-0.2, 0) is 4.74 Å². The number of ether oxygens (including phenoxy) is 1. The van der Waals surface area contributed by atoms with Gasteiger partial charge in [-0.3, -0.25) is 19.7 Å². The Hall–Kier alpha value is -3.00. The van der Waals surface area contributed by atoms with E-state index in [-0.39, 0.29) is 27.8 Å². The quantitative estimate of drug-likeness (QED) is 0.356. The van der Waals surface area contributed by atoms with Crippen molar-refractivity contribution in [2.75, 3.05) is 6.61 Å². The lowest BCUT2D eigenvalue weighted by atomic mass is 10.1. The number of carbonyl (C=O) groups excluding carboxylic acids is 3. The maximum Gasteiger partial charge on any atom is 0.340 e. The third kappa shape index (κ3) is 3.80. The molecule has 0 aliphatic rings. The molecule has 0 amide bonds. The van der Waals surface area contributed by atoms with Gasteiger partial charge in [0.1, 0.15) is 0 Å². The van der Waals surface area contributed by atoms with E-state index in [1.54, 1.807) is 13.8 Å². The maximum atomic E-state index is 12.3. The second-order valence-electron chi connectivity index (χ2n) is 5.60. The Bertz CT molecular complexity index is 932. The van der Waals surface area contributed by atoms with Crippen LogP contribution in [0, 0.1) is 24.0 Å². The Morgan fingerprint density at radius 2 is 1.92 bits per heavy atom. The normalized spacial score (nSPS) is 10.5. The maximum absolute atomic E-state index is 12.3. The zero-order valence-corrected chi connectivity index (χ0v) is 15.0. The number of nitrogens with zero attached hydrogens (tertiary/aromatic N) is 1. The van der Waals surface area contributed by atoms with Crippen LogP contribution in [0.25, 0.3) is 0 Å². The fraction of sp³-hybridized carbons (Fsp3) is 0.235. The molecule has 0 saturated heterocycles. The minimum Gasteiger partial charge on any atom is -0.454 e. The minimum atomic E-state index is -0.883. The first-order valence-electron chi connectivity index (χ1n) is 7.47. The lowest BCUT2D eigenvalue weighted by Gasteiger charge is -2.06. The van der Waals surface area contributed by atoms with Gasteiger partial charge in [-0.15, -0.1) is 0 Å². The summed E-state index contributed by atoms with van der Waals surface area (Å²) in [5.74, 6) is -1.57. The molecule has 0 fully saturated rings. The Kier molecular flexibility index (Phi) is 5.56. The number of esters is 1. The third-order valence-electron chi connectivity index (χ3n) is 3.79. The number of hydrogen-bond acceptors (Lipinski definition) is 6. The number of nitro benzene ring substituents is 1. The van der Waals surface area contributed by atoms with Crippen LogP contribution in [0.1, 0.15) is 49.4 Å². The molecule has 26 heavy (non-hydrogen) atoms. The molecule has 0 bridgehead atoms. The summed E-state index contributed by atoms with van der Waals surface area (Å²) in [6, 6.07) is 3.30. The van der Waals surface area contributed by atoms with Gasteiger partial charge < -0.3 is 9.72 Å². The summed E-state index contributed by atoms with van der Waals surface area (Å²) in [6.45, 7) is 4.13. The summed E-state index contributed by atoms with van der Waals surface area (Å²) in [5, 5.41) is 10.5. The van der Waals surface area contributed by atoms with Crippen molar-refractivity contribution >= 4 is 34.8 Å². The van der Waals surface area contributed by atoms with Gasteiger partial charge in [0, 0.05) is 23.4 Å². The standard InChI is InChI=1S/C17H15ClN2O6/c1-8-15(10(3)21)9(2)19-16(8)14(22)7-26-17(23)12-5-4-11(20(24)25)6-13(12)18/h4-6,19H,7H2,1-3H3. The molecule has 2 aromatic rings. The highest BCUT2D eigenvalue weighted by atomic mass is 35.5. The lowest BCUT2D eigenvalue weighted by Crippen LogP contribution is -2.16. The molecule has 0 unspecified atom stereocenters. The first-order valence-corrected chi connectivity index (χ1v) is 7.85. The fourth-order valence-corrected chi connectivity index (χ4v) is 2.87. The molecule has 0 atom stereocenters. The molecule has 136 valence electrons. The molecule has 0 aliphatic carbocycles. The van der Waals surface area contributed by atoms with Crippen molar-refractivity contribution in [3.8, 4) is 0 Å². The molecule has 2 rings (SSSR count). The number of H-pyrrole nitrogens is 1. The first kappa shape index (κ1) is 19.3. The van der Waals surface area contributed by atoms with Crippen LogP contribution in [-0.4, -0.2) is 34.0 Å². The van der Waals surface area contributed by atoms with Crippen molar-refractivity contribution in [1.82, 2.24) is 4.98 Å². The number of hydrogen-bond donors (Lipinski definition) is 1. The SMILES string of the molecule is CC(=O)c1c(C)[nH]c(C(=O)COC(=O)c2ccc([N+](=O)[O-])cc2Cl)c1C. The Morgan fingerprint density at radius 1 is 1.27 bits per heavy atom. The molecule has 1 aromatic carbocycles. The molecule has 0 radical (unpaired) electrons. The van der Waals surface area contributed by atoms with Crippen LogP contribution in [0.15, 0.2) is 18.2 Å². The molecule has 9 heteroatoms. The topological polar surface area (TPSA) is 119 Å². The van der Waals surface area contributed by atoms with Crippen LogP contribution < -0.4 is 0 Å². The van der Waals surface area contributed by atoms with E-state index < -0.39 is 23.3 Å². The monoisotopic (exact) mass is 378 g/mol. The second kappa shape index (κ2) is 7.49. The van der Waals surface area contributed by atoms with Crippen molar-refractivity contribution in [2.45, 2.75) is 20.8 Å². The Balaban J connectivity index is 2.13. The molecule has 0 aliphatic heterocycles. The predicted octanol–water partition coefficient (Wildman–Crippen LogP) is 3.44. The molecular weight excluding hydrogens is 364 g/mol. The van der Waals surface area contributed by atoms with E-state index in [0.717, 1.165) is 18.2 Å². The van der Waals surface area contributed by atoms with Gasteiger partial charge in [-0.2, -0.15) is 0 Å². The number of Topliss-reactive ketones (excluding diaryl/α,β-unsaturated/α-hetero) is 2. The molecule has 8 nitrogen and oxygen atoms in total. The highest BCUT2D eigenvalue weighted by molar-refractivity contribution is 6.33. The van der Waals surface area contributed by atoms with Gasteiger partial charge in [-0.25, -0.2) is 4.79 Å². The number of ketones is 2. The summed E-state index contributed by atoms with van der Waals surface area (Å²) in [7, 11) is 0. The average Bonchev–Trinajstić information content (AvgIpc) is 2.86. The van der Waals surface area contributed by atoms with Gasteiger partial charge in [0.15, 0.2) is 12.4 Å². The van der Waals surface area contributed by atoms with E-state index in [1.807, 2.05) is 0 Å². The summed E-state index contributed by atoms with van der Waals surface area (Å²) in [6.07, 6.45) is 0. The summed E-state index contributed by atoms with van der Waals surface area (Å²) < 4.78 is 4.94. The van der Waals surface area contributed by atoms with Crippen molar-refractivity contribution in [2.24, 2.45) is 0 Å². The largest absolute Gasteiger partial charge is 0.454 e. The first-order chi connectivity index (χ1) is 12.1. The molecule has 0 saturated carbocycles. The van der Waals surface area contributed by atoms with Crippen LogP contribution in [0.5, 0.6) is 0 Å². The van der Waals surface area contributed by atoms with E-state index >= 15 is 0 Å². The van der Waals surface area contributed by atoms with Gasteiger partial charge in [0.05, 0.1) is 21.2 Å². The van der Waals surface area contributed by atoms with Crippen LogP contribution >= 0.6 is 11.6 Å². The van der Waals surface area contributed by atoms with Crippen molar-refractivity contribution in [1.29, 1.82) is 0 Å². The van der Waals surface area contributed by atoms with Gasteiger partial charge >= 0.3 is 5.97 Å². The molecule has 0 spiro atoms. The number of nitrogens with one attached hydrogen (secondary N) is 1. The van der Waals surface area contributed by atoms with E-state index in [4.69, 9.17) is 16.3 Å². The number of aromatic nitrogens is 1. The molecular formula is C17H15ClN2O6. The number of nitro groups is 1. The van der Waals surface area contributed by atoms with Crippen LogP contribution in [0.3, 0.4) is 0 Å². The second-order valence-corrected chi connectivity index (χ2v) is 6.01. The lowest BCUT2D eigenvalue weighted by molar-refractivity contribution is -0.384. The van der Waals surface area contributed by atoms with E-state index in [2.05, 4.69) is 4.98 Å². The highest BCUT2D eigenvalue weighted by Crippen LogP contribution is 2.23. The van der Waals surface area contributed by atoms with Gasteiger partial charge in [-0.1, -0.05) is 11.6 Å². The van der Waals surface area contributed by atoms with Crippen molar-refractivity contribution in [3.63, 3.8) is 0 Å².